The number of methoxy groups -OCH3 is 1. The summed E-state index contributed by atoms with van der Waals surface area (Å²) in [6.07, 6.45) is 3.30. The second-order valence-electron chi connectivity index (χ2n) is 8.13. The van der Waals surface area contributed by atoms with E-state index in [4.69, 9.17) is 4.74 Å². The zero-order chi connectivity index (χ0) is 25.7. The molecule has 4 rings (SSSR count). The summed E-state index contributed by atoms with van der Waals surface area (Å²) < 4.78 is 7.70. The molecule has 2 amide bonds. The van der Waals surface area contributed by atoms with E-state index in [-0.39, 0.29) is 30.9 Å². The summed E-state index contributed by atoms with van der Waals surface area (Å²) in [7, 11) is 1.49. The summed E-state index contributed by atoms with van der Waals surface area (Å²) in [5.41, 5.74) is 1.58. The lowest BCUT2D eigenvalue weighted by molar-refractivity contribution is 0.101. The molecule has 36 heavy (non-hydrogen) atoms. The number of Topliss-reactive ketones (excluding diaryl/α,β-unsaturated/α-hetero) is 1. The fourth-order valence-corrected chi connectivity index (χ4v) is 3.82. The standard InChI is InChI=1S/C26H25N5O5/c1-17(32)19-6-3-7-20(13-19)28-25(34)29-21-8-9-23-22(14-21)24(33)30(11-12-36-2)26(35)31(23)16-18-5-4-10-27-15-18/h3-10,13-15H,11-12,16H2,1-2H3,(H2,28,29,34). The molecule has 0 radical (unpaired) electrons. The van der Waals surface area contributed by atoms with Gasteiger partial charge in [0.1, 0.15) is 0 Å². The van der Waals surface area contributed by atoms with Gasteiger partial charge in [-0.2, -0.15) is 0 Å². The van der Waals surface area contributed by atoms with E-state index >= 15 is 0 Å². The number of fused-ring (bicyclic) bond motifs is 1. The summed E-state index contributed by atoms with van der Waals surface area (Å²) in [5, 5.41) is 5.65. The van der Waals surface area contributed by atoms with Crippen LogP contribution in [0.5, 0.6) is 0 Å². The molecule has 2 N–H and O–H groups in total. The molecule has 0 aliphatic rings. The first kappa shape index (κ1) is 24.6. The largest absolute Gasteiger partial charge is 0.383 e. The highest BCUT2D eigenvalue weighted by Crippen LogP contribution is 2.18. The quantitative estimate of drug-likeness (QED) is 0.368. The Bertz CT molecular complexity index is 1540. The van der Waals surface area contributed by atoms with Crippen LogP contribution in [-0.2, 0) is 17.8 Å². The van der Waals surface area contributed by atoms with Crippen LogP contribution in [0.25, 0.3) is 10.9 Å². The molecule has 0 aliphatic carbocycles. The van der Waals surface area contributed by atoms with E-state index in [2.05, 4.69) is 15.6 Å². The van der Waals surface area contributed by atoms with Gasteiger partial charge >= 0.3 is 11.7 Å². The molecule has 184 valence electrons. The predicted molar refractivity (Wildman–Crippen MR) is 137 cm³/mol. The Morgan fingerprint density at radius 2 is 1.75 bits per heavy atom. The SMILES string of the molecule is COCCn1c(=O)c2cc(NC(=O)Nc3cccc(C(C)=O)c3)ccc2n(Cc2cccnc2)c1=O. The number of pyridine rings is 1. The maximum atomic E-state index is 13.2. The first-order chi connectivity index (χ1) is 17.4. The molecule has 0 atom stereocenters. The third-order valence-corrected chi connectivity index (χ3v) is 5.59. The van der Waals surface area contributed by atoms with Crippen molar-refractivity contribution >= 4 is 34.1 Å². The molecule has 2 aromatic carbocycles. The van der Waals surface area contributed by atoms with Crippen LogP contribution in [0.2, 0.25) is 0 Å². The Kier molecular flexibility index (Phi) is 7.36. The molecule has 10 heteroatoms. The maximum absolute atomic E-state index is 13.2. The van der Waals surface area contributed by atoms with Gasteiger partial charge in [-0.25, -0.2) is 9.59 Å². The molecule has 0 aliphatic heterocycles. The molecule has 0 spiro atoms. The minimum Gasteiger partial charge on any atom is -0.383 e. The molecule has 0 saturated heterocycles. The van der Waals surface area contributed by atoms with Gasteiger partial charge in [-0.1, -0.05) is 18.2 Å². The van der Waals surface area contributed by atoms with Gasteiger partial charge in [0.05, 0.1) is 30.6 Å². The molecule has 2 heterocycles. The number of ether oxygens (including phenoxy) is 1. The fraction of sp³-hybridized carbons (Fsp3) is 0.192. The molecule has 0 unspecified atom stereocenters. The molecule has 0 fully saturated rings. The predicted octanol–water partition coefficient (Wildman–Crippen LogP) is 3.10. The van der Waals surface area contributed by atoms with Gasteiger partial charge in [-0.15, -0.1) is 0 Å². The van der Waals surface area contributed by atoms with Gasteiger partial charge in [-0.05, 0) is 48.9 Å². The highest BCUT2D eigenvalue weighted by molar-refractivity contribution is 6.02. The van der Waals surface area contributed by atoms with E-state index in [1.165, 1.54) is 24.7 Å². The number of aromatic nitrogens is 3. The third-order valence-electron chi connectivity index (χ3n) is 5.59. The highest BCUT2D eigenvalue weighted by Gasteiger charge is 2.15. The molecular formula is C26H25N5O5. The van der Waals surface area contributed by atoms with Gasteiger partial charge in [-0.3, -0.25) is 23.7 Å². The van der Waals surface area contributed by atoms with Crippen LogP contribution in [0.1, 0.15) is 22.8 Å². The van der Waals surface area contributed by atoms with Crippen LogP contribution in [0.3, 0.4) is 0 Å². The number of carbonyl (C=O) groups excluding carboxylic acids is 2. The Hall–Kier alpha value is -4.57. The van der Waals surface area contributed by atoms with Gasteiger partial charge < -0.3 is 15.4 Å². The van der Waals surface area contributed by atoms with Gasteiger partial charge in [0.25, 0.3) is 5.56 Å². The van der Waals surface area contributed by atoms with Crippen molar-refractivity contribution < 1.29 is 14.3 Å². The first-order valence-corrected chi connectivity index (χ1v) is 11.2. The zero-order valence-electron chi connectivity index (χ0n) is 19.9. The Labute approximate surface area is 206 Å². The number of anilines is 2. The van der Waals surface area contributed by atoms with Crippen molar-refractivity contribution in [2.24, 2.45) is 0 Å². The Morgan fingerprint density at radius 1 is 0.972 bits per heavy atom. The number of rotatable bonds is 8. The van der Waals surface area contributed by atoms with Crippen LogP contribution >= 0.6 is 0 Å². The molecule has 0 bridgehead atoms. The molecule has 0 saturated carbocycles. The van der Waals surface area contributed by atoms with E-state index in [1.807, 2.05) is 6.07 Å². The van der Waals surface area contributed by atoms with E-state index < -0.39 is 17.3 Å². The van der Waals surface area contributed by atoms with Crippen molar-refractivity contribution in [3.63, 3.8) is 0 Å². The molecule has 4 aromatic rings. The van der Waals surface area contributed by atoms with Crippen molar-refractivity contribution in [1.82, 2.24) is 14.1 Å². The average Bonchev–Trinajstić information content (AvgIpc) is 2.87. The van der Waals surface area contributed by atoms with Crippen molar-refractivity contribution in [2.45, 2.75) is 20.0 Å². The molecular weight excluding hydrogens is 462 g/mol. The monoisotopic (exact) mass is 487 g/mol. The van der Waals surface area contributed by atoms with Crippen molar-refractivity contribution in [3.05, 3.63) is 99.0 Å². The number of amides is 2. The summed E-state index contributed by atoms with van der Waals surface area (Å²) in [6.45, 7) is 1.94. The topological polar surface area (TPSA) is 124 Å². The number of ketones is 1. The smallest absolute Gasteiger partial charge is 0.331 e. The number of nitrogens with zero attached hydrogens (tertiary/aromatic N) is 3. The van der Waals surface area contributed by atoms with Crippen LogP contribution in [0.15, 0.2) is 76.6 Å². The number of hydrogen-bond acceptors (Lipinski definition) is 6. The third kappa shape index (κ3) is 5.39. The van der Waals surface area contributed by atoms with E-state index in [9.17, 15) is 19.2 Å². The Morgan fingerprint density at radius 3 is 2.44 bits per heavy atom. The van der Waals surface area contributed by atoms with Gasteiger partial charge in [0, 0.05) is 36.4 Å². The molecule has 10 nitrogen and oxygen atoms in total. The maximum Gasteiger partial charge on any atom is 0.331 e. The number of nitrogens with one attached hydrogen (secondary N) is 2. The summed E-state index contributed by atoms with van der Waals surface area (Å²) >= 11 is 0. The minimum atomic E-state index is -0.543. The second-order valence-corrected chi connectivity index (χ2v) is 8.13. The zero-order valence-corrected chi connectivity index (χ0v) is 19.9. The van der Waals surface area contributed by atoms with Crippen LogP contribution < -0.4 is 21.9 Å². The van der Waals surface area contributed by atoms with E-state index in [0.29, 0.717) is 22.5 Å². The number of benzene rings is 2. The molecule has 2 aromatic heterocycles. The normalized spacial score (nSPS) is 10.8. The highest BCUT2D eigenvalue weighted by atomic mass is 16.5. The second kappa shape index (κ2) is 10.8. The summed E-state index contributed by atoms with van der Waals surface area (Å²) in [5.74, 6) is -0.115. The van der Waals surface area contributed by atoms with Crippen LogP contribution in [-0.4, -0.2) is 39.6 Å². The lowest BCUT2D eigenvalue weighted by Crippen LogP contribution is -2.41. The first-order valence-electron chi connectivity index (χ1n) is 11.2. The van der Waals surface area contributed by atoms with Gasteiger partial charge in [0.2, 0.25) is 0 Å². The number of carbonyl (C=O) groups is 2. The van der Waals surface area contributed by atoms with Crippen molar-refractivity contribution in [2.75, 3.05) is 24.4 Å². The lowest BCUT2D eigenvalue weighted by atomic mass is 10.1. The lowest BCUT2D eigenvalue weighted by Gasteiger charge is -2.15. The van der Waals surface area contributed by atoms with Crippen molar-refractivity contribution in [3.8, 4) is 0 Å². The van der Waals surface area contributed by atoms with E-state index in [0.717, 1.165) is 10.1 Å². The fourth-order valence-electron chi connectivity index (χ4n) is 3.82. The van der Waals surface area contributed by atoms with Crippen LogP contribution in [0, 0.1) is 0 Å². The Balaban J connectivity index is 1.69. The summed E-state index contributed by atoms with van der Waals surface area (Å²) in [6, 6.07) is 14.4. The van der Waals surface area contributed by atoms with E-state index in [1.54, 1.807) is 54.9 Å². The number of urea groups is 1. The summed E-state index contributed by atoms with van der Waals surface area (Å²) in [4.78, 5) is 54.7. The van der Waals surface area contributed by atoms with Gasteiger partial charge in [0.15, 0.2) is 5.78 Å². The minimum absolute atomic E-state index is 0.0851. The van der Waals surface area contributed by atoms with Crippen molar-refractivity contribution in [1.29, 1.82) is 0 Å². The number of hydrogen-bond donors (Lipinski definition) is 2. The van der Waals surface area contributed by atoms with Crippen LogP contribution in [0.4, 0.5) is 16.2 Å². The average molecular weight is 488 g/mol.